The van der Waals surface area contributed by atoms with Gasteiger partial charge in [0.2, 0.25) is 0 Å². The molecule has 0 aliphatic heterocycles. The van der Waals surface area contributed by atoms with Crippen LogP contribution in [0.15, 0.2) is 70.5 Å². The third-order valence-electron chi connectivity index (χ3n) is 11.0. The van der Waals surface area contributed by atoms with Crippen molar-refractivity contribution in [2.45, 2.75) is 192 Å². The molecule has 6 nitrogen and oxygen atoms in total. The maximum atomic E-state index is 11.5. The molecule has 4 rings (SSSR count). The van der Waals surface area contributed by atoms with Gasteiger partial charge in [-0.1, -0.05) is 167 Å². The first-order valence-electron chi connectivity index (χ1n) is 21.9. The topological polar surface area (TPSA) is 114 Å². The zero-order valence-electron chi connectivity index (χ0n) is 35.7. The van der Waals surface area contributed by atoms with Crippen LogP contribution in [0.4, 0.5) is 0 Å². The van der Waals surface area contributed by atoms with Crippen LogP contribution >= 0.6 is 0 Å². The number of unbranched alkanes of at least 4 members (excludes halogenated alkanes) is 16. The first-order valence-corrected chi connectivity index (χ1v) is 24.8. The van der Waals surface area contributed by atoms with Crippen LogP contribution in [0.3, 0.4) is 0 Å². The average Bonchev–Trinajstić information content (AvgIpc) is 3.16. The summed E-state index contributed by atoms with van der Waals surface area (Å²) in [4.78, 5) is -0.251. The predicted molar refractivity (Wildman–Crippen MR) is 239 cm³/mol. The molecule has 0 aliphatic rings. The van der Waals surface area contributed by atoms with Gasteiger partial charge in [-0.05, 0) is 119 Å². The van der Waals surface area contributed by atoms with Crippen LogP contribution in [0.25, 0.3) is 21.5 Å². The first-order chi connectivity index (χ1) is 26.9. The van der Waals surface area contributed by atoms with Crippen molar-refractivity contribution in [1.29, 1.82) is 0 Å². The second kappa shape index (κ2) is 28.3. The molecule has 0 aromatic heterocycles. The molecule has 0 fully saturated rings. The van der Waals surface area contributed by atoms with E-state index in [2.05, 4.69) is 52.0 Å². The molecule has 0 atom stereocenters. The van der Waals surface area contributed by atoms with Crippen LogP contribution in [-0.4, -0.2) is 74.8 Å². The predicted octanol–water partition coefficient (Wildman–Crippen LogP) is 13.2. The molecule has 0 bridgehead atoms. The Kier molecular flexibility index (Phi) is 25.8. The van der Waals surface area contributed by atoms with Crippen molar-refractivity contribution in [3.05, 3.63) is 82.9 Å². The molecule has 57 heavy (non-hydrogen) atoms. The van der Waals surface area contributed by atoms with Gasteiger partial charge in [0.05, 0.1) is 9.79 Å². The molecule has 0 heterocycles. The Morgan fingerprint density at radius 1 is 0.386 bits per heavy atom. The van der Waals surface area contributed by atoms with Crippen molar-refractivity contribution in [1.82, 2.24) is 0 Å². The van der Waals surface area contributed by atoms with E-state index >= 15 is 0 Å². The van der Waals surface area contributed by atoms with Crippen molar-refractivity contribution < 1.29 is 25.9 Å². The summed E-state index contributed by atoms with van der Waals surface area (Å²) >= 11 is 0. The fourth-order valence-corrected chi connectivity index (χ4v) is 8.68. The minimum Gasteiger partial charge on any atom is -0.744 e. The number of rotatable bonds is 26. The van der Waals surface area contributed by atoms with Gasteiger partial charge in [0.15, 0.2) is 0 Å². The Morgan fingerprint density at radius 2 is 0.684 bits per heavy atom. The number of hydrogen-bond donors (Lipinski definition) is 0. The normalized spacial score (nSPS) is 11.8. The van der Waals surface area contributed by atoms with Crippen LogP contribution in [0, 0.1) is 0 Å². The number of benzene rings is 4. The van der Waals surface area contributed by atoms with Crippen LogP contribution < -0.4 is 0 Å². The monoisotopic (exact) mass is 944 g/mol. The molecular weight excluding hydrogens is 874 g/mol. The minimum absolute atomic E-state index is 0. The summed E-state index contributed by atoms with van der Waals surface area (Å²) in [5.74, 6) is 0. The molecule has 0 spiro atoms. The van der Waals surface area contributed by atoms with Gasteiger partial charge in [-0.25, -0.2) is 16.8 Å². The third-order valence-corrected chi connectivity index (χ3v) is 12.6. The second-order valence-corrected chi connectivity index (χ2v) is 18.6. The summed E-state index contributed by atoms with van der Waals surface area (Å²) in [7, 11) is -8.85. The zero-order chi connectivity index (χ0) is 40.8. The molecule has 312 valence electrons. The Hall–Kier alpha value is -1.21. The van der Waals surface area contributed by atoms with Gasteiger partial charge < -0.3 is 9.11 Å². The van der Waals surface area contributed by atoms with Gasteiger partial charge in [0.1, 0.15) is 20.2 Å². The molecule has 0 amide bonds. The van der Waals surface area contributed by atoms with Crippen molar-refractivity contribution in [2.24, 2.45) is 0 Å². The molecule has 0 unspecified atom stereocenters. The van der Waals surface area contributed by atoms with E-state index in [4.69, 9.17) is 0 Å². The molecule has 4 aromatic carbocycles. The van der Waals surface area contributed by atoms with Gasteiger partial charge in [-0.15, -0.1) is 0 Å². The van der Waals surface area contributed by atoms with Gasteiger partial charge in [0, 0.05) is 0 Å². The Balaban J connectivity index is 0.000000387. The van der Waals surface area contributed by atoms with E-state index in [9.17, 15) is 25.9 Å². The van der Waals surface area contributed by atoms with E-state index < -0.39 is 20.2 Å². The molecule has 0 saturated carbocycles. The molecule has 0 aliphatic carbocycles. The summed E-state index contributed by atoms with van der Waals surface area (Å²) in [6.07, 6.45) is 28.6. The van der Waals surface area contributed by atoms with Crippen LogP contribution in [0.1, 0.15) is 178 Å². The fourth-order valence-electron chi connectivity index (χ4n) is 7.68. The van der Waals surface area contributed by atoms with Crippen LogP contribution in [0.2, 0.25) is 0 Å². The van der Waals surface area contributed by atoms with E-state index in [1.54, 1.807) is 24.3 Å². The van der Waals surface area contributed by atoms with Crippen LogP contribution in [-0.2, 0) is 45.9 Å². The fraction of sp³-hybridized carbons (Fsp3) is 0.583. The minimum atomic E-state index is -4.43. The van der Waals surface area contributed by atoms with Crippen molar-refractivity contribution >= 4 is 90.7 Å². The van der Waals surface area contributed by atoms with Crippen molar-refractivity contribution in [3.8, 4) is 0 Å². The zero-order valence-corrected chi connectivity index (χ0v) is 41.8. The summed E-state index contributed by atoms with van der Waals surface area (Å²) in [6, 6.07) is 18.4. The quantitative estimate of drug-likeness (QED) is 0.0352. The summed E-state index contributed by atoms with van der Waals surface area (Å²) in [6.45, 7) is 8.88. The van der Waals surface area contributed by atoms with E-state index in [1.807, 2.05) is 0 Å². The Morgan fingerprint density at radius 3 is 0.982 bits per heavy atom. The van der Waals surface area contributed by atoms with Gasteiger partial charge >= 0.3 is 48.9 Å². The van der Waals surface area contributed by atoms with Crippen molar-refractivity contribution in [2.75, 3.05) is 0 Å². The molecule has 9 heteroatoms. The number of aryl methyl sites for hydroxylation is 4. The van der Waals surface area contributed by atoms with E-state index in [-0.39, 0.29) is 58.7 Å². The number of hydrogen-bond acceptors (Lipinski definition) is 6. The van der Waals surface area contributed by atoms with E-state index in [1.165, 1.54) is 150 Å². The molecular formula is C48H70BaO6S2. The maximum Gasteiger partial charge on any atom is 2.00 e. The smallest absolute Gasteiger partial charge is 0.744 e. The van der Waals surface area contributed by atoms with E-state index in [0.29, 0.717) is 0 Å². The first kappa shape index (κ1) is 51.9. The standard InChI is InChI=1S/2C24H36O3S.Ba/c2*1-3-5-7-9-11-13-20-17-21(14-12-10-8-6-4-2)24-19-23(28(25,26)27)16-15-22(24)18-20;/h2*15-19H,3-14H2,1-2H3,(H,25,26,27);/q;;+2/p-2. The molecule has 0 saturated heterocycles. The maximum absolute atomic E-state index is 11.5. The van der Waals surface area contributed by atoms with Gasteiger partial charge in [-0.3, -0.25) is 0 Å². The summed E-state index contributed by atoms with van der Waals surface area (Å²) in [5.41, 5.74) is 5.02. The average molecular weight is 945 g/mol. The SMILES string of the molecule is CCCCCCCc1cc(CCCCCCC)c2cc(S(=O)(=O)[O-])ccc2c1.CCCCCCCc1cc(CCCCCCC)c2cc(S(=O)(=O)[O-])ccc2c1.[Ba+2]. The van der Waals surface area contributed by atoms with Gasteiger partial charge in [-0.2, -0.15) is 0 Å². The van der Waals surface area contributed by atoms with Crippen LogP contribution in [0.5, 0.6) is 0 Å². The second-order valence-electron chi connectivity index (χ2n) is 15.8. The molecule has 4 aromatic rings. The summed E-state index contributed by atoms with van der Waals surface area (Å²) in [5, 5.41) is 3.92. The Labute approximate surface area is 387 Å². The van der Waals surface area contributed by atoms with Crippen molar-refractivity contribution in [3.63, 3.8) is 0 Å². The molecule has 0 N–H and O–H groups in total. The molecule has 0 radical (unpaired) electrons. The third kappa shape index (κ3) is 19.4. The van der Waals surface area contributed by atoms with Gasteiger partial charge in [0.25, 0.3) is 0 Å². The largest absolute Gasteiger partial charge is 2.00 e. The van der Waals surface area contributed by atoms with E-state index in [0.717, 1.165) is 60.1 Å². The Bertz CT molecular complexity index is 1830. The summed E-state index contributed by atoms with van der Waals surface area (Å²) < 4.78 is 68.8. The number of fused-ring (bicyclic) bond motifs is 2.